The quantitative estimate of drug-likeness (QED) is 0.00923. The van der Waals surface area contributed by atoms with E-state index in [-0.39, 0.29) is 42.5 Å². The Kier molecular flexibility index (Phi) is 22.4. The molecule has 83 heavy (non-hydrogen) atoms. The van der Waals surface area contributed by atoms with E-state index in [0.29, 0.717) is 35.1 Å². The number of ether oxygens (including phenoxy) is 3. The van der Waals surface area contributed by atoms with E-state index in [0.717, 1.165) is 24.3 Å². The number of phenolic OH excluding ortho intramolecular Hbond substituents is 1. The molecule has 5 amide bonds. The molecule has 7 atom stereocenters. The van der Waals surface area contributed by atoms with Gasteiger partial charge in [-0.25, -0.2) is 19.3 Å². The maximum absolute atomic E-state index is 16.0. The number of amides is 5. The van der Waals surface area contributed by atoms with Gasteiger partial charge < -0.3 is 62.3 Å². The summed E-state index contributed by atoms with van der Waals surface area (Å²) in [6.07, 6.45) is -1.40. The molecule has 1 aliphatic heterocycles. The first-order valence-electron chi connectivity index (χ1n) is 26.7. The van der Waals surface area contributed by atoms with Crippen LogP contribution in [0.25, 0.3) is 0 Å². The summed E-state index contributed by atoms with van der Waals surface area (Å²) in [6.45, 7) is 1.12. The largest absolute Gasteiger partial charge is 0.508 e. The molecule has 1 heterocycles. The van der Waals surface area contributed by atoms with E-state index in [1.165, 1.54) is 43.0 Å². The smallest absolute Gasteiger partial charge is 0.418 e. The number of guanidine groups is 1. The number of aromatic hydroxyl groups is 1. The number of carbonyl (C=O) groups excluding carboxylic acids is 7. The van der Waals surface area contributed by atoms with Gasteiger partial charge in [0.25, 0.3) is 11.4 Å². The zero-order chi connectivity index (χ0) is 60.2. The number of phenols is 1. The Bertz CT molecular complexity index is 3080. The number of nitrogens with two attached hydrogens (primary N) is 3. The number of imide groups is 1. The van der Waals surface area contributed by atoms with Gasteiger partial charge in [0, 0.05) is 13.1 Å². The first-order chi connectivity index (χ1) is 39.7. The molecule has 0 spiro atoms. The maximum Gasteiger partial charge on any atom is 0.418 e. The van der Waals surface area contributed by atoms with Gasteiger partial charge in [-0.1, -0.05) is 147 Å². The van der Waals surface area contributed by atoms with Crippen molar-refractivity contribution < 1.29 is 72.7 Å². The van der Waals surface area contributed by atoms with Crippen LogP contribution in [0.15, 0.2) is 151 Å². The Hall–Kier alpha value is -9.64. The zero-order valence-electron chi connectivity index (χ0n) is 45.8. The molecule has 1 fully saturated rings. The summed E-state index contributed by atoms with van der Waals surface area (Å²) in [6, 6.07) is 29.6. The fourth-order valence-corrected chi connectivity index (χ4v) is 9.56. The molecule has 23 nitrogen and oxygen atoms in total. The summed E-state index contributed by atoms with van der Waals surface area (Å²) < 4.78 is 17.2. The monoisotopic (exact) mass is 1140 g/mol. The molecule has 2 unspecified atom stereocenters. The number of aliphatic carboxylic acids is 2. The lowest BCUT2D eigenvalue weighted by molar-refractivity contribution is -0.183. The third-order valence-electron chi connectivity index (χ3n) is 13.9. The van der Waals surface area contributed by atoms with E-state index in [2.05, 4.69) is 15.6 Å². The van der Waals surface area contributed by atoms with Crippen LogP contribution in [0.1, 0.15) is 73.3 Å². The van der Waals surface area contributed by atoms with E-state index in [1.54, 1.807) is 97.1 Å². The van der Waals surface area contributed by atoms with Crippen LogP contribution < -0.4 is 27.8 Å². The zero-order valence-corrected chi connectivity index (χ0v) is 45.8. The number of carboxylic acid groups (broad SMARTS) is 2. The number of rotatable bonds is 27. The Balaban J connectivity index is 1.50. The van der Waals surface area contributed by atoms with Crippen molar-refractivity contribution >= 4 is 59.6 Å². The fourth-order valence-electron chi connectivity index (χ4n) is 9.56. The van der Waals surface area contributed by atoms with Gasteiger partial charge in [0.15, 0.2) is 5.96 Å². The second kappa shape index (κ2) is 29.7. The summed E-state index contributed by atoms with van der Waals surface area (Å²) in [5.41, 5.74) is 14.3. The van der Waals surface area contributed by atoms with Gasteiger partial charge in [-0.2, -0.15) is 0 Å². The Labute approximate surface area is 478 Å². The number of esters is 2. The van der Waals surface area contributed by atoms with Crippen molar-refractivity contribution in [3.05, 3.63) is 173 Å². The highest BCUT2D eigenvalue weighted by Crippen LogP contribution is 2.40. The molecule has 0 radical (unpaired) electrons. The molecule has 5 aromatic carbocycles. The van der Waals surface area contributed by atoms with Crippen LogP contribution in [0.3, 0.4) is 0 Å². The topological polar surface area (TPSA) is 363 Å². The highest BCUT2D eigenvalue weighted by atomic mass is 16.6. The molecule has 1 aliphatic rings. The number of likely N-dealkylation sites (tertiary alicyclic amines) is 1. The number of aliphatic imine (C=N–C) groups is 1. The number of hydrogen-bond donors (Lipinski definition) is 8. The molecule has 5 aromatic rings. The van der Waals surface area contributed by atoms with Gasteiger partial charge >= 0.3 is 30.0 Å². The number of carboxylic acids is 2. The number of benzene rings is 5. The standard InChI is InChI=1S/C60H68N8O15/c1-37(2)48(65-51(71)49(44(54(74)75)33-38-17-7-3-8-18-38)66-50(70)46-26-16-32-67(46)52(72)45(61)25-15-31-64-58(62)63)53(73)68(59(80)83-36-41-23-13-6-14-24-41)60(56(77)78,57(79)82-35-40-21-11-5-12-22-40)47(42-27-29-43(69)30-28-42)55(76)81-34-39-19-9-4-10-20-39/h3-14,17-24,27-30,37,44-49,69H,15-16,25-26,31-36,61H2,1-2H3,(H,65,71)(H,66,70)(H,74,75)(H,77,78)(H4,62,63,64)/t44?,45-,46+,47?,48-,49-,60-/m0/s1. The predicted octanol–water partition coefficient (Wildman–Crippen LogP) is 3.89. The van der Waals surface area contributed by atoms with Gasteiger partial charge in [0.1, 0.15) is 49.6 Å². The normalized spacial score (nSPS) is 15.4. The van der Waals surface area contributed by atoms with Gasteiger partial charge in [-0.3, -0.25) is 33.8 Å². The van der Waals surface area contributed by atoms with Gasteiger partial charge in [0.05, 0.1) is 12.0 Å². The van der Waals surface area contributed by atoms with Crippen LogP contribution in [0.5, 0.6) is 5.75 Å². The SMILES string of the molecule is CC(C)[C@H](NC(=O)[C@@H](NC(=O)[C@H]1CCCN1C(=O)[C@@H](N)CCCN=C(N)N)C(Cc1ccccc1)C(=O)O)C(=O)N(C(=O)OCc1ccccc1)[C@@](C(=O)O)(C(=O)OCc1ccccc1)C(C(=O)OCc1ccccc1)c1ccc(O)cc1. The minimum atomic E-state index is -3.86. The van der Waals surface area contributed by atoms with E-state index >= 15 is 24.0 Å². The van der Waals surface area contributed by atoms with E-state index in [9.17, 15) is 34.5 Å². The maximum atomic E-state index is 16.0. The Morgan fingerprint density at radius 2 is 1.22 bits per heavy atom. The van der Waals surface area contributed by atoms with Crippen molar-refractivity contribution in [2.45, 2.75) is 101 Å². The molecule has 0 aromatic heterocycles. The van der Waals surface area contributed by atoms with Crippen molar-refractivity contribution in [2.24, 2.45) is 34.0 Å². The molecule has 23 heteroatoms. The van der Waals surface area contributed by atoms with Gasteiger partial charge in [-0.15, -0.1) is 0 Å². The van der Waals surface area contributed by atoms with Crippen molar-refractivity contribution in [2.75, 3.05) is 13.1 Å². The van der Waals surface area contributed by atoms with E-state index in [4.69, 9.17) is 31.4 Å². The first kappa shape index (κ1) is 62.6. The third kappa shape index (κ3) is 16.3. The predicted molar refractivity (Wildman–Crippen MR) is 300 cm³/mol. The molecule has 0 saturated carbocycles. The lowest BCUT2D eigenvalue weighted by atomic mass is 9.76. The van der Waals surface area contributed by atoms with Crippen LogP contribution >= 0.6 is 0 Å². The minimum absolute atomic E-state index is 0.0733. The molecule has 0 aliphatic carbocycles. The van der Waals surface area contributed by atoms with E-state index < -0.39 is 133 Å². The Morgan fingerprint density at radius 1 is 0.699 bits per heavy atom. The summed E-state index contributed by atoms with van der Waals surface area (Å²) in [4.78, 5) is 139. The number of hydrogen-bond acceptors (Lipinski definition) is 15. The van der Waals surface area contributed by atoms with Crippen LogP contribution in [0, 0.1) is 11.8 Å². The van der Waals surface area contributed by atoms with Gasteiger partial charge in [-0.05, 0) is 78.0 Å². The molecule has 6 rings (SSSR count). The summed E-state index contributed by atoms with van der Waals surface area (Å²) in [5, 5.41) is 38.3. The molecular weight excluding hydrogens is 1070 g/mol. The number of carbonyl (C=O) groups is 9. The van der Waals surface area contributed by atoms with Crippen molar-refractivity contribution in [1.29, 1.82) is 0 Å². The second-order valence-electron chi connectivity index (χ2n) is 20.1. The Morgan fingerprint density at radius 3 is 1.72 bits per heavy atom. The van der Waals surface area contributed by atoms with Crippen LogP contribution in [-0.4, -0.2) is 127 Å². The number of nitrogens with one attached hydrogen (secondary N) is 2. The lowest BCUT2D eigenvalue weighted by Crippen LogP contribution is -2.71. The molecule has 0 bridgehead atoms. The molecular formula is C60H68N8O15. The first-order valence-corrected chi connectivity index (χ1v) is 26.7. The van der Waals surface area contributed by atoms with Crippen molar-refractivity contribution in [3.63, 3.8) is 0 Å². The minimum Gasteiger partial charge on any atom is -0.508 e. The fraction of sp³-hybridized carbons (Fsp3) is 0.333. The summed E-state index contributed by atoms with van der Waals surface area (Å²) >= 11 is 0. The average Bonchev–Trinajstić information content (AvgIpc) is 3.03. The van der Waals surface area contributed by atoms with Gasteiger partial charge in [0.2, 0.25) is 17.7 Å². The molecule has 1 saturated heterocycles. The van der Waals surface area contributed by atoms with Crippen molar-refractivity contribution in [1.82, 2.24) is 20.4 Å². The molecule has 11 N–H and O–H groups in total. The molecule has 438 valence electrons. The van der Waals surface area contributed by atoms with Crippen LogP contribution in [0.2, 0.25) is 0 Å². The highest BCUT2D eigenvalue weighted by molar-refractivity contribution is 6.17. The van der Waals surface area contributed by atoms with Crippen molar-refractivity contribution in [3.8, 4) is 5.75 Å². The van der Waals surface area contributed by atoms with Crippen LogP contribution in [-0.2, 0) is 78.8 Å². The average molecular weight is 1140 g/mol. The summed E-state index contributed by atoms with van der Waals surface area (Å²) in [5.74, 6) is -18.0. The highest BCUT2D eigenvalue weighted by Gasteiger charge is 2.67. The van der Waals surface area contributed by atoms with E-state index in [1.807, 2.05) is 0 Å². The number of nitrogens with zero attached hydrogens (tertiary/aromatic N) is 3. The van der Waals surface area contributed by atoms with Crippen LogP contribution in [0.4, 0.5) is 4.79 Å². The lowest BCUT2D eigenvalue weighted by Gasteiger charge is -2.42. The third-order valence-corrected chi connectivity index (χ3v) is 13.9. The second-order valence-corrected chi connectivity index (χ2v) is 20.1. The summed E-state index contributed by atoms with van der Waals surface area (Å²) in [7, 11) is 0.